The fraction of sp³-hybridized carbons (Fsp3) is 0.375. The lowest BCUT2D eigenvalue weighted by atomic mass is 10.3. The van der Waals surface area contributed by atoms with Crippen molar-refractivity contribution in [3.63, 3.8) is 0 Å². The minimum Gasteiger partial charge on any atom is -0.369 e. The van der Waals surface area contributed by atoms with E-state index in [1.807, 2.05) is 22.9 Å². The minimum atomic E-state index is -4.32. The lowest BCUT2D eigenvalue weighted by molar-refractivity contribution is -0.137. The Hall–Kier alpha value is -0.570. The van der Waals surface area contributed by atoms with Gasteiger partial charge < -0.3 is 5.32 Å². The number of hydrogen-bond donors (Lipinski definition) is 2. The van der Waals surface area contributed by atoms with E-state index in [9.17, 15) is 13.2 Å². The zero-order valence-corrected chi connectivity index (χ0v) is 9.76. The summed E-state index contributed by atoms with van der Waals surface area (Å²) in [7, 11) is 0. The van der Waals surface area contributed by atoms with E-state index in [2.05, 4.69) is 13.8 Å². The Kier molecular flexibility index (Phi) is 4.58. The van der Waals surface area contributed by atoms with Gasteiger partial charge in [-0.25, -0.2) is 4.98 Å². The lowest BCUT2D eigenvalue weighted by Gasteiger charge is -2.07. The molecule has 15 heavy (non-hydrogen) atoms. The maximum atomic E-state index is 12.2. The maximum absolute atomic E-state index is 12.2. The smallest absolute Gasteiger partial charge is 0.369 e. The number of halogens is 4. The average molecular weight is 331 g/mol. The van der Waals surface area contributed by atoms with Gasteiger partial charge in [0.05, 0.1) is 5.56 Å². The number of alkyl halides is 3. The molecule has 0 atom stereocenters. The molecule has 0 saturated heterocycles. The number of rotatable bonds is 4. The van der Waals surface area contributed by atoms with Crippen LogP contribution in [0.4, 0.5) is 19.0 Å². The van der Waals surface area contributed by atoms with Crippen molar-refractivity contribution in [2.24, 2.45) is 0 Å². The molecular weight excluding hydrogens is 322 g/mol. The van der Waals surface area contributed by atoms with E-state index in [4.69, 9.17) is 0 Å². The van der Waals surface area contributed by atoms with Crippen LogP contribution >= 0.6 is 22.9 Å². The Balaban J connectivity index is 2.57. The molecule has 3 nitrogen and oxygen atoms in total. The van der Waals surface area contributed by atoms with Crippen molar-refractivity contribution >= 4 is 28.7 Å². The summed E-state index contributed by atoms with van der Waals surface area (Å²) in [6, 6.07) is 2.32. The molecule has 1 heterocycles. The van der Waals surface area contributed by atoms with Crippen molar-refractivity contribution in [2.75, 3.05) is 18.4 Å². The molecule has 0 unspecified atom stereocenters. The van der Waals surface area contributed by atoms with Crippen molar-refractivity contribution in [1.82, 2.24) is 8.51 Å². The van der Waals surface area contributed by atoms with Crippen LogP contribution in [-0.2, 0) is 6.18 Å². The number of hydrogen-bond acceptors (Lipinski definition) is 3. The minimum absolute atomic E-state index is 0.439. The predicted octanol–water partition coefficient (Wildman–Crippen LogP) is 2.45. The van der Waals surface area contributed by atoms with E-state index < -0.39 is 11.7 Å². The molecule has 0 aliphatic rings. The molecule has 0 aliphatic heterocycles. The summed E-state index contributed by atoms with van der Waals surface area (Å²) in [4.78, 5) is 3.66. The highest BCUT2D eigenvalue weighted by atomic mass is 127. The largest absolute Gasteiger partial charge is 0.417 e. The van der Waals surface area contributed by atoms with Crippen LogP contribution in [0.15, 0.2) is 18.3 Å². The number of aromatic nitrogens is 1. The van der Waals surface area contributed by atoms with E-state index in [0.717, 1.165) is 12.3 Å². The number of anilines is 1. The van der Waals surface area contributed by atoms with Gasteiger partial charge in [-0.1, -0.05) is 0 Å². The summed E-state index contributed by atoms with van der Waals surface area (Å²) >= 11 is 1.99. The summed E-state index contributed by atoms with van der Waals surface area (Å²) < 4.78 is 39.3. The Morgan fingerprint density at radius 2 is 2.00 bits per heavy atom. The Morgan fingerprint density at radius 1 is 1.27 bits per heavy atom. The van der Waals surface area contributed by atoms with E-state index in [0.29, 0.717) is 18.9 Å². The number of pyridine rings is 1. The van der Waals surface area contributed by atoms with Crippen LogP contribution in [0, 0.1) is 0 Å². The van der Waals surface area contributed by atoms with Gasteiger partial charge in [0.15, 0.2) is 0 Å². The SMILES string of the molecule is FC(F)(F)c1ccc(NCCNI)nc1. The van der Waals surface area contributed by atoms with Gasteiger partial charge in [0.2, 0.25) is 0 Å². The molecule has 7 heteroatoms. The standard InChI is InChI=1S/C8H9F3IN3/c9-8(10,11)6-1-2-7(14-5-6)13-3-4-15-12/h1-2,5,15H,3-4H2,(H,13,14). The van der Waals surface area contributed by atoms with Crippen molar-refractivity contribution in [1.29, 1.82) is 0 Å². The van der Waals surface area contributed by atoms with Gasteiger partial charge >= 0.3 is 6.18 Å². The molecule has 2 N–H and O–H groups in total. The van der Waals surface area contributed by atoms with E-state index >= 15 is 0 Å². The van der Waals surface area contributed by atoms with Gasteiger partial charge in [-0.15, -0.1) is 0 Å². The lowest BCUT2D eigenvalue weighted by Crippen LogP contribution is -2.14. The number of nitrogens with zero attached hydrogens (tertiary/aromatic N) is 1. The van der Waals surface area contributed by atoms with Crippen LogP contribution in [0.25, 0.3) is 0 Å². The van der Waals surface area contributed by atoms with Gasteiger partial charge in [-0.2, -0.15) is 13.2 Å². The van der Waals surface area contributed by atoms with Crippen molar-refractivity contribution in [2.45, 2.75) is 6.18 Å². The topological polar surface area (TPSA) is 37.0 Å². The molecule has 84 valence electrons. The Bertz CT molecular complexity index is 299. The predicted molar refractivity (Wildman–Crippen MR) is 59.8 cm³/mol. The zero-order chi connectivity index (χ0) is 11.3. The quantitative estimate of drug-likeness (QED) is 0.506. The third-order valence-corrected chi connectivity index (χ3v) is 2.16. The van der Waals surface area contributed by atoms with Crippen LogP contribution in [0.3, 0.4) is 0 Å². The summed E-state index contributed by atoms with van der Waals surface area (Å²) in [6.07, 6.45) is -3.50. The van der Waals surface area contributed by atoms with Gasteiger partial charge in [0.1, 0.15) is 5.82 Å². The fourth-order valence-electron chi connectivity index (χ4n) is 0.904. The monoisotopic (exact) mass is 331 g/mol. The van der Waals surface area contributed by atoms with Crippen LogP contribution in [0.2, 0.25) is 0 Å². The molecule has 1 aromatic heterocycles. The molecule has 1 aromatic rings. The molecule has 1 rings (SSSR count). The molecule has 0 bridgehead atoms. The second kappa shape index (κ2) is 5.50. The third kappa shape index (κ3) is 4.20. The van der Waals surface area contributed by atoms with Crippen molar-refractivity contribution in [3.05, 3.63) is 23.9 Å². The molecule has 0 amide bonds. The van der Waals surface area contributed by atoms with E-state index in [1.165, 1.54) is 6.07 Å². The number of nitrogens with one attached hydrogen (secondary N) is 2. The van der Waals surface area contributed by atoms with Crippen molar-refractivity contribution in [3.8, 4) is 0 Å². The molecule has 0 fully saturated rings. The highest BCUT2D eigenvalue weighted by Gasteiger charge is 2.30. The van der Waals surface area contributed by atoms with Crippen molar-refractivity contribution < 1.29 is 13.2 Å². The average Bonchev–Trinajstić information content (AvgIpc) is 2.18. The molecule has 0 spiro atoms. The molecule has 0 aliphatic carbocycles. The van der Waals surface area contributed by atoms with Crippen LogP contribution in [0.1, 0.15) is 5.56 Å². The summed E-state index contributed by atoms with van der Waals surface area (Å²) in [6.45, 7) is 1.32. The second-order valence-corrected chi connectivity index (χ2v) is 3.50. The van der Waals surface area contributed by atoms with E-state index in [1.54, 1.807) is 0 Å². The molecular formula is C8H9F3IN3. The Labute approximate surface area is 99.0 Å². The van der Waals surface area contributed by atoms with Gasteiger partial charge in [-0.3, -0.25) is 3.53 Å². The highest BCUT2D eigenvalue weighted by molar-refractivity contribution is 14.1. The van der Waals surface area contributed by atoms with Crippen LogP contribution in [0.5, 0.6) is 0 Å². The highest BCUT2D eigenvalue weighted by Crippen LogP contribution is 2.28. The Morgan fingerprint density at radius 3 is 2.47 bits per heavy atom. The fourth-order valence-corrected chi connectivity index (χ4v) is 1.17. The normalized spacial score (nSPS) is 11.5. The molecule has 0 aromatic carbocycles. The summed E-state index contributed by atoms with van der Waals surface area (Å²) in [5, 5.41) is 2.88. The van der Waals surface area contributed by atoms with Crippen LogP contribution < -0.4 is 8.85 Å². The third-order valence-electron chi connectivity index (χ3n) is 1.62. The molecule has 0 saturated carbocycles. The van der Waals surface area contributed by atoms with Crippen LogP contribution in [-0.4, -0.2) is 18.1 Å². The zero-order valence-electron chi connectivity index (χ0n) is 7.61. The first-order valence-corrected chi connectivity index (χ1v) is 5.22. The molecule has 0 radical (unpaired) electrons. The first kappa shape index (κ1) is 12.5. The first-order valence-electron chi connectivity index (χ1n) is 4.14. The van der Waals surface area contributed by atoms with Gasteiger partial charge in [0, 0.05) is 42.2 Å². The first-order chi connectivity index (χ1) is 7.04. The second-order valence-electron chi connectivity index (χ2n) is 2.74. The summed E-state index contributed by atoms with van der Waals surface area (Å²) in [5.41, 5.74) is -0.736. The van der Waals surface area contributed by atoms with Gasteiger partial charge in [0.25, 0.3) is 0 Å². The summed E-state index contributed by atoms with van der Waals surface area (Å²) in [5.74, 6) is 0.439. The van der Waals surface area contributed by atoms with Gasteiger partial charge in [-0.05, 0) is 12.1 Å². The maximum Gasteiger partial charge on any atom is 0.417 e. The van der Waals surface area contributed by atoms with E-state index in [-0.39, 0.29) is 0 Å².